The van der Waals surface area contributed by atoms with E-state index in [0.717, 1.165) is 27.2 Å². The van der Waals surface area contributed by atoms with Gasteiger partial charge in [0, 0.05) is 22.0 Å². The van der Waals surface area contributed by atoms with E-state index in [-0.39, 0.29) is 6.42 Å². The maximum Gasteiger partial charge on any atom is 0.322 e. The van der Waals surface area contributed by atoms with Crippen molar-refractivity contribution in [3.05, 3.63) is 70.5 Å². The second-order valence-corrected chi connectivity index (χ2v) is 8.10. The summed E-state index contributed by atoms with van der Waals surface area (Å²) in [6, 6.07) is 11.7. The number of amides is 1. The van der Waals surface area contributed by atoms with Gasteiger partial charge < -0.3 is 10.4 Å². The third-order valence-electron chi connectivity index (χ3n) is 4.75. The number of carboxylic acids is 1. The summed E-state index contributed by atoms with van der Waals surface area (Å²) in [5.41, 5.74) is 4.70. The number of carboxylic acid groups (broad SMARTS) is 1. The first kappa shape index (κ1) is 20.7. The first-order chi connectivity index (χ1) is 13.8. The van der Waals surface area contributed by atoms with E-state index >= 15 is 0 Å². The molecule has 0 spiro atoms. The highest BCUT2D eigenvalue weighted by molar-refractivity contribution is 7.84. The molecule has 0 unspecified atom stereocenters. The monoisotopic (exact) mass is 413 g/mol. The highest BCUT2D eigenvalue weighted by atomic mass is 32.2. The van der Waals surface area contributed by atoms with Crippen LogP contribution < -0.4 is 5.32 Å². The molecule has 3 rings (SSSR count). The van der Waals surface area contributed by atoms with Crippen LogP contribution in [0.4, 0.5) is 4.39 Å². The number of fused-ring (bicyclic) bond motifs is 1. The van der Waals surface area contributed by atoms with Crippen LogP contribution in [-0.2, 0) is 20.4 Å². The molecule has 0 saturated heterocycles. The highest BCUT2D eigenvalue weighted by Crippen LogP contribution is 2.43. The summed E-state index contributed by atoms with van der Waals surface area (Å²) < 4.78 is 25.4. The fraction of sp³-hybridized carbons (Fsp3) is 0.182. The number of aliphatic carboxylic acids is 1. The molecular formula is C22H20FNO4S. The molecule has 0 radical (unpaired) electrons. The van der Waals surface area contributed by atoms with Crippen LogP contribution in [0.3, 0.4) is 0 Å². The van der Waals surface area contributed by atoms with Crippen LogP contribution in [0.5, 0.6) is 0 Å². The van der Waals surface area contributed by atoms with E-state index in [1.165, 1.54) is 12.1 Å². The van der Waals surface area contributed by atoms with E-state index in [0.29, 0.717) is 11.1 Å². The van der Waals surface area contributed by atoms with Crippen molar-refractivity contribution in [2.75, 3.05) is 12.8 Å². The second-order valence-electron chi connectivity index (χ2n) is 6.72. The van der Waals surface area contributed by atoms with E-state index in [1.54, 1.807) is 24.5 Å². The Kier molecular flexibility index (Phi) is 6.08. The van der Waals surface area contributed by atoms with E-state index < -0.39 is 35.0 Å². The van der Waals surface area contributed by atoms with Crippen molar-refractivity contribution in [1.82, 2.24) is 5.32 Å². The quantitative estimate of drug-likeness (QED) is 0.760. The maximum atomic E-state index is 13.9. The van der Waals surface area contributed by atoms with Crippen molar-refractivity contribution in [2.45, 2.75) is 18.2 Å². The summed E-state index contributed by atoms with van der Waals surface area (Å²) in [5, 5.41) is 11.1. The number of allylic oxidation sites excluding steroid dienone is 2. The normalized spacial score (nSPS) is 15.3. The van der Waals surface area contributed by atoms with Crippen molar-refractivity contribution >= 4 is 39.9 Å². The van der Waals surface area contributed by atoms with Gasteiger partial charge in [-0.05, 0) is 70.7 Å². The van der Waals surface area contributed by atoms with Crippen molar-refractivity contribution in [3.8, 4) is 0 Å². The Morgan fingerprint density at radius 2 is 1.83 bits per heavy atom. The molecule has 2 N–H and O–H groups in total. The molecule has 150 valence electrons. The zero-order valence-corrected chi connectivity index (χ0v) is 16.8. The maximum absolute atomic E-state index is 13.9. The van der Waals surface area contributed by atoms with Crippen LogP contribution in [0.2, 0.25) is 0 Å². The van der Waals surface area contributed by atoms with Gasteiger partial charge >= 0.3 is 5.97 Å². The van der Waals surface area contributed by atoms with Crippen LogP contribution >= 0.6 is 0 Å². The summed E-state index contributed by atoms with van der Waals surface area (Å²) in [7, 11) is -1.06. The average Bonchev–Trinajstić information content (AvgIpc) is 2.92. The Balaban J connectivity index is 1.99. The van der Waals surface area contributed by atoms with Crippen molar-refractivity contribution in [2.24, 2.45) is 0 Å². The fourth-order valence-corrected chi connectivity index (χ4v) is 3.82. The Morgan fingerprint density at radius 1 is 1.14 bits per heavy atom. The minimum atomic E-state index is -1.13. The van der Waals surface area contributed by atoms with E-state index in [9.17, 15) is 18.2 Å². The summed E-state index contributed by atoms with van der Waals surface area (Å²) in [6.45, 7) is 1.40. The van der Waals surface area contributed by atoms with Crippen LogP contribution in [0.1, 0.15) is 30.0 Å². The Hall–Kier alpha value is -3.06. The minimum Gasteiger partial charge on any atom is -0.480 e. The summed E-state index contributed by atoms with van der Waals surface area (Å²) >= 11 is 0. The molecule has 1 amide bonds. The Labute approximate surface area is 170 Å². The van der Waals surface area contributed by atoms with Gasteiger partial charge in [0.15, 0.2) is 0 Å². The number of hydrogen-bond acceptors (Lipinski definition) is 3. The lowest BCUT2D eigenvalue weighted by atomic mass is 10.0. The number of carbonyl (C=O) groups excluding carboxylic acids is 1. The Morgan fingerprint density at radius 3 is 2.45 bits per heavy atom. The zero-order chi connectivity index (χ0) is 21.1. The molecule has 0 heterocycles. The molecule has 29 heavy (non-hydrogen) atoms. The van der Waals surface area contributed by atoms with E-state index in [1.807, 2.05) is 25.1 Å². The third kappa shape index (κ3) is 4.68. The topological polar surface area (TPSA) is 83.5 Å². The number of benzene rings is 2. The average molecular weight is 413 g/mol. The SMILES string of the molecule is CC1=C(CC(=O)NCC(=O)O)c2cc(F)ccc2/C1=C/c1ccc([S@@](C)=O)cc1. The molecule has 5 nitrogen and oxygen atoms in total. The molecule has 0 saturated carbocycles. The predicted molar refractivity (Wildman–Crippen MR) is 111 cm³/mol. The number of rotatable bonds is 6. The van der Waals surface area contributed by atoms with Crippen LogP contribution in [0, 0.1) is 5.82 Å². The molecule has 1 aliphatic carbocycles. The van der Waals surface area contributed by atoms with Crippen LogP contribution in [-0.4, -0.2) is 34.0 Å². The highest BCUT2D eigenvalue weighted by Gasteiger charge is 2.25. The van der Waals surface area contributed by atoms with Crippen molar-refractivity contribution in [3.63, 3.8) is 0 Å². The molecule has 2 aromatic rings. The zero-order valence-electron chi connectivity index (χ0n) is 16.0. The van der Waals surface area contributed by atoms with Crippen molar-refractivity contribution < 1.29 is 23.3 Å². The van der Waals surface area contributed by atoms with Gasteiger partial charge in [0.2, 0.25) is 5.91 Å². The number of hydrogen-bond donors (Lipinski definition) is 2. The largest absolute Gasteiger partial charge is 0.480 e. The van der Waals surface area contributed by atoms with Crippen LogP contribution in [0.25, 0.3) is 17.2 Å². The lowest BCUT2D eigenvalue weighted by Gasteiger charge is -2.07. The third-order valence-corrected chi connectivity index (χ3v) is 5.69. The van der Waals surface area contributed by atoms with Gasteiger partial charge in [-0.15, -0.1) is 0 Å². The molecule has 0 fully saturated rings. The van der Waals surface area contributed by atoms with Gasteiger partial charge in [0.05, 0.1) is 6.42 Å². The van der Waals surface area contributed by atoms with Gasteiger partial charge in [-0.25, -0.2) is 4.39 Å². The van der Waals surface area contributed by atoms with Gasteiger partial charge in [-0.2, -0.15) is 0 Å². The Bertz CT molecular complexity index is 1070. The second kappa shape index (κ2) is 8.53. The van der Waals surface area contributed by atoms with E-state index in [2.05, 4.69) is 5.32 Å². The molecule has 1 atom stereocenters. The molecule has 7 heteroatoms. The summed E-state index contributed by atoms with van der Waals surface area (Å²) in [6.07, 6.45) is 3.51. The van der Waals surface area contributed by atoms with Crippen LogP contribution in [0.15, 0.2) is 52.9 Å². The molecular weight excluding hydrogens is 393 g/mol. The minimum absolute atomic E-state index is 0.0410. The molecule has 1 aliphatic rings. The van der Waals surface area contributed by atoms with Gasteiger partial charge in [0.1, 0.15) is 12.4 Å². The lowest BCUT2D eigenvalue weighted by Crippen LogP contribution is -2.29. The van der Waals surface area contributed by atoms with E-state index in [4.69, 9.17) is 5.11 Å². The lowest BCUT2D eigenvalue weighted by molar-refractivity contribution is -0.137. The predicted octanol–water partition coefficient (Wildman–Crippen LogP) is 3.48. The first-order valence-corrected chi connectivity index (χ1v) is 10.5. The number of carbonyl (C=O) groups is 2. The van der Waals surface area contributed by atoms with Crippen molar-refractivity contribution in [1.29, 1.82) is 0 Å². The summed E-state index contributed by atoms with van der Waals surface area (Å²) in [4.78, 5) is 23.6. The molecule has 0 aromatic heterocycles. The summed E-state index contributed by atoms with van der Waals surface area (Å²) in [5.74, 6) is -1.97. The van der Waals surface area contributed by atoms with Gasteiger partial charge in [0.25, 0.3) is 0 Å². The smallest absolute Gasteiger partial charge is 0.322 e. The number of nitrogens with one attached hydrogen (secondary N) is 1. The first-order valence-electron chi connectivity index (χ1n) is 8.90. The van der Waals surface area contributed by atoms with Gasteiger partial charge in [-0.1, -0.05) is 18.2 Å². The molecule has 2 aromatic carbocycles. The molecule has 0 bridgehead atoms. The standard InChI is InChI=1S/C22H20FNO4S/c1-13-18(9-14-3-6-16(7-4-14)29(2)28)17-8-5-15(23)10-20(17)19(13)11-21(25)24-12-22(26)27/h3-10H,11-12H2,1-2H3,(H,24,25)(H,26,27)/b18-9+/t29-/m1/s1. The van der Waals surface area contributed by atoms with Gasteiger partial charge in [-0.3, -0.25) is 13.8 Å². The number of halogens is 1. The fourth-order valence-electron chi connectivity index (χ4n) is 3.30. The molecule has 0 aliphatic heterocycles.